The number of unbranched alkanes of at least 4 members (excludes halogenated alkanes) is 1. The lowest BCUT2D eigenvalue weighted by molar-refractivity contribution is -0.141. The Kier molecular flexibility index (Phi) is 9.08. The van der Waals surface area contributed by atoms with E-state index in [9.17, 15) is 14.4 Å². The van der Waals surface area contributed by atoms with Crippen LogP contribution in [0.4, 0.5) is 0 Å². The molecule has 1 atom stereocenters. The molecule has 0 aliphatic carbocycles. The normalized spacial score (nSPS) is 11.7. The second-order valence-electron chi connectivity index (χ2n) is 3.87. The monoisotopic (exact) mass is 276 g/mol. The van der Waals surface area contributed by atoms with Crippen molar-refractivity contribution >= 4 is 29.5 Å². The molecule has 7 heteroatoms. The van der Waals surface area contributed by atoms with E-state index in [0.29, 0.717) is 31.6 Å². The van der Waals surface area contributed by atoms with E-state index in [1.165, 1.54) is 18.7 Å². The highest BCUT2D eigenvalue weighted by Gasteiger charge is 2.17. The molecule has 18 heavy (non-hydrogen) atoms. The summed E-state index contributed by atoms with van der Waals surface area (Å²) in [6, 6.07) is -0.843. The van der Waals surface area contributed by atoms with Gasteiger partial charge in [-0.15, -0.1) is 0 Å². The Hall–Kier alpha value is -1.24. The number of carbonyl (C=O) groups excluding carboxylic acids is 2. The van der Waals surface area contributed by atoms with Crippen LogP contribution in [0.15, 0.2) is 0 Å². The van der Waals surface area contributed by atoms with Crippen LogP contribution < -0.4 is 10.6 Å². The minimum Gasteiger partial charge on any atom is -0.480 e. The number of carbonyl (C=O) groups is 3. The van der Waals surface area contributed by atoms with E-state index in [1.54, 1.807) is 0 Å². The van der Waals surface area contributed by atoms with Gasteiger partial charge in [0.15, 0.2) is 0 Å². The van der Waals surface area contributed by atoms with Crippen molar-refractivity contribution in [3.8, 4) is 0 Å². The van der Waals surface area contributed by atoms with Gasteiger partial charge in [0.05, 0.1) is 5.75 Å². The molecule has 0 rings (SSSR count). The molecule has 104 valence electrons. The predicted octanol–water partition coefficient (Wildman–Crippen LogP) is 0.225. The highest BCUT2D eigenvalue weighted by atomic mass is 32.2. The molecule has 0 aromatic carbocycles. The van der Waals surface area contributed by atoms with Crippen LogP contribution in [0.1, 0.15) is 26.2 Å². The van der Waals surface area contributed by atoms with Gasteiger partial charge in [0.2, 0.25) is 11.8 Å². The minimum absolute atomic E-state index is 0.0147. The molecule has 1 unspecified atom stereocenters. The zero-order valence-corrected chi connectivity index (χ0v) is 11.5. The van der Waals surface area contributed by atoms with Crippen molar-refractivity contribution in [1.29, 1.82) is 0 Å². The first-order valence-electron chi connectivity index (χ1n) is 5.73. The summed E-state index contributed by atoms with van der Waals surface area (Å²) in [6.45, 7) is 1.82. The number of hydrogen-bond donors (Lipinski definition) is 3. The summed E-state index contributed by atoms with van der Waals surface area (Å²) in [4.78, 5) is 32.7. The van der Waals surface area contributed by atoms with Gasteiger partial charge in [0.25, 0.3) is 0 Å². The Morgan fingerprint density at radius 3 is 2.44 bits per heavy atom. The third kappa shape index (κ3) is 8.86. The maximum atomic E-state index is 11.1. The van der Waals surface area contributed by atoms with Crippen LogP contribution in [0.5, 0.6) is 0 Å². The molecule has 0 aromatic heterocycles. The summed E-state index contributed by atoms with van der Waals surface area (Å²) in [5.41, 5.74) is 0. The standard InChI is InChI=1S/C11H20N2O4S/c1-8(14)13-9(11(16)17)5-3-4-6-12-10(15)7-18-2/h9H,3-7H2,1-2H3,(H,12,15)(H,13,14)(H,16,17). The Labute approximate surface area is 111 Å². The van der Waals surface area contributed by atoms with Crippen LogP contribution in [0.3, 0.4) is 0 Å². The van der Waals surface area contributed by atoms with Crippen LogP contribution in [-0.2, 0) is 14.4 Å². The molecular formula is C11H20N2O4S. The van der Waals surface area contributed by atoms with Gasteiger partial charge in [0.1, 0.15) is 6.04 Å². The van der Waals surface area contributed by atoms with Crippen molar-refractivity contribution < 1.29 is 19.5 Å². The zero-order valence-electron chi connectivity index (χ0n) is 10.7. The summed E-state index contributed by atoms with van der Waals surface area (Å²) in [5.74, 6) is -0.963. The largest absolute Gasteiger partial charge is 0.480 e. The van der Waals surface area contributed by atoms with E-state index < -0.39 is 12.0 Å². The van der Waals surface area contributed by atoms with Gasteiger partial charge >= 0.3 is 5.97 Å². The summed E-state index contributed by atoms with van der Waals surface area (Å²) < 4.78 is 0. The summed E-state index contributed by atoms with van der Waals surface area (Å²) in [7, 11) is 0. The Balaban J connectivity index is 3.70. The van der Waals surface area contributed by atoms with Gasteiger partial charge < -0.3 is 15.7 Å². The highest BCUT2D eigenvalue weighted by molar-refractivity contribution is 7.99. The van der Waals surface area contributed by atoms with E-state index in [2.05, 4.69) is 10.6 Å². The Bertz CT molecular complexity index is 297. The van der Waals surface area contributed by atoms with Crippen molar-refractivity contribution in [3.63, 3.8) is 0 Å². The molecule has 0 aliphatic rings. The number of aliphatic carboxylic acids is 1. The summed E-state index contributed by atoms with van der Waals surface area (Å²) in [6.07, 6.45) is 3.55. The number of amides is 2. The maximum absolute atomic E-state index is 11.1. The molecule has 0 bridgehead atoms. The molecule has 0 saturated carbocycles. The van der Waals surface area contributed by atoms with E-state index in [1.807, 2.05) is 6.26 Å². The number of nitrogens with one attached hydrogen (secondary N) is 2. The van der Waals surface area contributed by atoms with Crippen LogP contribution in [0.25, 0.3) is 0 Å². The van der Waals surface area contributed by atoms with Crippen LogP contribution >= 0.6 is 11.8 Å². The predicted molar refractivity (Wildman–Crippen MR) is 70.5 cm³/mol. The van der Waals surface area contributed by atoms with Gasteiger partial charge in [0, 0.05) is 13.5 Å². The summed E-state index contributed by atoms with van der Waals surface area (Å²) in [5, 5.41) is 14.0. The molecule has 3 N–H and O–H groups in total. The average molecular weight is 276 g/mol. The number of hydrogen-bond acceptors (Lipinski definition) is 4. The topological polar surface area (TPSA) is 95.5 Å². The molecule has 0 aliphatic heterocycles. The number of thioether (sulfide) groups is 1. The molecule has 0 fully saturated rings. The van der Waals surface area contributed by atoms with Gasteiger partial charge in [-0.1, -0.05) is 0 Å². The Morgan fingerprint density at radius 1 is 1.28 bits per heavy atom. The SMILES string of the molecule is CSCC(=O)NCCCCC(NC(C)=O)C(=O)O. The van der Waals surface area contributed by atoms with Crippen molar-refractivity contribution in [3.05, 3.63) is 0 Å². The van der Waals surface area contributed by atoms with E-state index in [0.717, 1.165) is 0 Å². The van der Waals surface area contributed by atoms with Gasteiger partial charge in [-0.2, -0.15) is 11.8 Å². The fraction of sp³-hybridized carbons (Fsp3) is 0.727. The average Bonchev–Trinajstić information content (AvgIpc) is 2.26. The third-order valence-corrected chi connectivity index (χ3v) is 2.74. The van der Waals surface area contributed by atoms with Crippen molar-refractivity contribution in [2.75, 3.05) is 18.6 Å². The first-order valence-corrected chi connectivity index (χ1v) is 7.12. The smallest absolute Gasteiger partial charge is 0.326 e. The molecule has 0 radical (unpaired) electrons. The molecule has 0 heterocycles. The van der Waals surface area contributed by atoms with Crippen LogP contribution in [-0.4, -0.2) is 47.5 Å². The van der Waals surface area contributed by atoms with Crippen molar-refractivity contribution in [1.82, 2.24) is 10.6 Å². The minimum atomic E-state index is -1.03. The fourth-order valence-electron chi connectivity index (χ4n) is 1.39. The van der Waals surface area contributed by atoms with E-state index in [-0.39, 0.29) is 11.8 Å². The first kappa shape index (κ1) is 16.8. The maximum Gasteiger partial charge on any atom is 0.326 e. The lowest BCUT2D eigenvalue weighted by atomic mass is 10.1. The summed E-state index contributed by atoms with van der Waals surface area (Å²) >= 11 is 1.45. The quantitative estimate of drug-likeness (QED) is 0.524. The van der Waals surface area contributed by atoms with Gasteiger partial charge in [-0.25, -0.2) is 4.79 Å². The van der Waals surface area contributed by atoms with E-state index in [4.69, 9.17) is 5.11 Å². The molecule has 0 spiro atoms. The molecule has 0 aromatic rings. The van der Waals surface area contributed by atoms with E-state index >= 15 is 0 Å². The molecule has 2 amide bonds. The first-order chi connectivity index (χ1) is 8.47. The molecule has 6 nitrogen and oxygen atoms in total. The number of rotatable bonds is 9. The van der Waals surface area contributed by atoms with Crippen molar-refractivity contribution in [2.45, 2.75) is 32.2 Å². The van der Waals surface area contributed by atoms with Crippen LogP contribution in [0.2, 0.25) is 0 Å². The second-order valence-corrected chi connectivity index (χ2v) is 4.74. The molecular weight excluding hydrogens is 256 g/mol. The van der Waals surface area contributed by atoms with Gasteiger partial charge in [-0.3, -0.25) is 9.59 Å². The third-order valence-electron chi connectivity index (χ3n) is 2.19. The second kappa shape index (κ2) is 9.76. The fourth-order valence-corrected chi connectivity index (χ4v) is 1.75. The number of carboxylic acid groups (broad SMARTS) is 1. The van der Waals surface area contributed by atoms with Crippen LogP contribution in [0, 0.1) is 0 Å². The highest BCUT2D eigenvalue weighted by Crippen LogP contribution is 2.01. The molecule has 0 saturated heterocycles. The number of carboxylic acids is 1. The Morgan fingerprint density at radius 2 is 1.94 bits per heavy atom. The van der Waals surface area contributed by atoms with Crippen molar-refractivity contribution in [2.24, 2.45) is 0 Å². The lowest BCUT2D eigenvalue weighted by Crippen LogP contribution is -2.39. The lowest BCUT2D eigenvalue weighted by Gasteiger charge is -2.12. The zero-order chi connectivity index (χ0) is 14.0. The van der Waals surface area contributed by atoms with Gasteiger partial charge in [-0.05, 0) is 25.5 Å².